The lowest BCUT2D eigenvalue weighted by atomic mass is 10.1. The second-order valence-corrected chi connectivity index (χ2v) is 5.27. The van der Waals surface area contributed by atoms with Crippen molar-refractivity contribution in [1.29, 1.82) is 0 Å². The molecule has 1 aromatic rings. The normalized spacial score (nSPS) is 18.6. The van der Waals surface area contributed by atoms with Crippen LogP contribution in [0, 0.1) is 0 Å². The topological polar surface area (TPSA) is 71.5 Å². The van der Waals surface area contributed by atoms with Gasteiger partial charge < -0.3 is 15.0 Å². The molecule has 2 rings (SSSR count). The largest absolute Gasteiger partial charge is 0.475 e. The third-order valence-corrected chi connectivity index (χ3v) is 3.32. The van der Waals surface area contributed by atoms with Crippen molar-refractivity contribution in [2.45, 2.75) is 39.3 Å². The molecule has 1 aliphatic rings. The zero-order chi connectivity index (χ0) is 15.4. The van der Waals surface area contributed by atoms with Gasteiger partial charge in [0.25, 0.3) is 5.91 Å². The molecule has 1 N–H and O–H groups in total. The van der Waals surface area contributed by atoms with E-state index in [-0.39, 0.29) is 17.9 Å². The van der Waals surface area contributed by atoms with Crippen LogP contribution in [0.2, 0.25) is 0 Å². The van der Waals surface area contributed by atoms with Crippen molar-refractivity contribution >= 4 is 11.8 Å². The fraction of sp³-hybridized carbons (Fsp3) is 0.533. The molecule has 2 amide bonds. The van der Waals surface area contributed by atoms with Crippen molar-refractivity contribution in [2.75, 3.05) is 13.1 Å². The van der Waals surface area contributed by atoms with Crippen molar-refractivity contribution < 1.29 is 14.3 Å². The van der Waals surface area contributed by atoms with E-state index in [9.17, 15) is 9.59 Å². The highest BCUT2D eigenvalue weighted by atomic mass is 16.5. The molecule has 6 nitrogen and oxygen atoms in total. The lowest BCUT2D eigenvalue weighted by Crippen LogP contribution is -2.56. The summed E-state index contributed by atoms with van der Waals surface area (Å²) in [5.41, 5.74) is 0.472. The summed E-state index contributed by atoms with van der Waals surface area (Å²) in [5.74, 6) is 0.232. The number of nitrogens with zero attached hydrogens (tertiary/aromatic N) is 2. The minimum Gasteiger partial charge on any atom is -0.475 e. The van der Waals surface area contributed by atoms with Gasteiger partial charge in [-0.15, -0.1) is 0 Å². The monoisotopic (exact) mass is 291 g/mol. The van der Waals surface area contributed by atoms with Gasteiger partial charge in [0.15, 0.2) is 0 Å². The summed E-state index contributed by atoms with van der Waals surface area (Å²) in [7, 11) is 0. The van der Waals surface area contributed by atoms with E-state index in [0.717, 1.165) is 0 Å². The first-order valence-electron chi connectivity index (χ1n) is 7.24. The Labute approximate surface area is 124 Å². The molecule has 0 spiro atoms. The van der Waals surface area contributed by atoms with E-state index in [1.807, 2.05) is 20.8 Å². The maximum absolute atomic E-state index is 12.5. The van der Waals surface area contributed by atoms with Crippen LogP contribution in [0.4, 0.5) is 0 Å². The molecule has 1 atom stereocenters. The number of pyridine rings is 1. The summed E-state index contributed by atoms with van der Waals surface area (Å²) < 4.78 is 5.45. The summed E-state index contributed by atoms with van der Waals surface area (Å²) in [4.78, 5) is 30.1. The lowest BCUT2D eigenvalue weighted by Gasteiger charge is -2.34. The van der Waals surface area contributed by atoms with Gasteiger partial charge in [-0.3, -0.25) is 9.59 Å². The molecule has 1 aromatic heterocycles. The zero-order valence-corrected chi connectivity index (χ0v) is 12.6. The molecular formula is C15H21N3O3. The van der Waals surface area contributed by atoms with Crippen molar-refractivity contribution in [3.05, 3.63) is 23.9 Å². The number of piperazine rings is 1. The molecule has 114 valence electrons. The smallest absolute Gasteiger partial charge is 0.256 e. The predicted octanol–water partition coefficient (Wildman–Crippen LogP) is 1.22. The van der Waals surface area contributed by atoms with Gasteiger partial charge in [-0.2, -0.15) is 0 Å². The maximum Gasteiger partial charge on any atom is 0.256 e. The number of carbonyl (C=O) groups excluding carboxylic acids is 2. The van der Waals surface area contributed by atoms with Crippen LogP contribution in [0.25, 0.3) is 0 Å². The van der Waals surface area contributed by atoms with Crippen LogP contribution in [0.1, 0.15) is 37.6 Å². The number of hydrogen-bond donors (Lipinski definition) is 1. The molecule has 1 saturated heterocycles. The van der Waals surface area contributed by atoms with Gasteiger partial charge in [0.05, 0.1) is 11.7 Å². The Morgan fingerprint density at radius 3 is 2.86 bits per heavy atom. The summed E-state index contributed by atoms with van der Waals surface area (Å²) in [6.45, 7) is 6.74. The van der Waals surface area contributed by atoms with E-state index < -0.39 is 6.04 Å². The number of amides is 2. The van der Waals surface area contributed by atoms with Crippen LogP contribution >= 0.6 is 0 Å². The third kappa shape index (κ3) is 3.51. The SMILES string of the molecule is CCC1C(=O)NCCN1C(=O)c1ccc(OC(C)C)nc1. The van der Waals surface area contributed by atoms with Crippen molar-refractivity contribution in [2.24, 2.45) is 0 Å². The number of carbonyl (C=O) groups is 2. The fourth-order valence-electron chi connectivity index (χ4n) is 2.35. The average molecular weight is 291 g/mol. The second-order valence-electron chi connectivity index (χ2n) is 5.27. The number of ether oxygens (including phenoxy) is 1. The van der Waals surface area contributed by atoms with E-state index in [0.29, 0.717) is 31.0 Å². The van der Waals surface area contributed by atoms with Crippen molar-refractivity contribution in [3.63, 3.8) is 0 Å². The molecule has 1 unspecified atom stereocenters. The Balaban J connectivity index is 2.13. The number of hydrogen-bond acceptors (Lipinski definition) is 4. The summed E-state index contributed by atoms with van der Waals surface area (Å²) in [5, 5.41) is 2.78. The van der Waals surface area contributed by atoms with Gasteiger partial charge in [0.2, 0.25) is 11.8 Å². The average Bonchev–Trinajstić information content (AvgIpc) is 2.46. The highest BCUT2D eigenvalue weighted by Gasteiger charge is 2.32. The quantitative estimate of drug-likeness (QED) is 0.905. The molecule has 0 bridgehead atoms. The van der Waals surface area contributed by atoms with E-state index in [2.05, 4.69) is 10.3 Å². The van der Waals surface area contributed by atoms with Gasteiger partial charge in [0, 0.05) is 25.4 Å². The molecule has 0 aromatic carbocycles. The zero-order valence-electron chi connectivity index (χ0n) is 12.6. The Kier molecular flexibility index (Phi) is 4.77. The highest BCUT2D eigenvalue weighted by Crippen LogP contribution is 2.15. The maximum atomic E-state index is 12.5. The first-order chi connectivity index (χ1) is 10.0. The number of rotatable bonds is 4. The Morgan fingerprint density at radius 1 is 1.52 bits per heavy atom. The van der Waals surface area contributed by atoms with Gasteiger partial charge >= 0.3 is 0 Å². The molecule has 1 fully saturated rings. The predicted molar refractivity (Wildman–Crippen MR) is 78.1 cm³/mol. The van der Waals surface area contributed by atoms with Crippen molar-refractivity contribution in [1.82, 2.24) is 15.2 Å². The van der Waals surface area contributed by atoms with E-state index in [4.69, 9.17) is 4.74 Å². The Morgan fingerprint density at radius 2 is 2.29 bits per heavy atom. The molecule has 2 heterocycles. The van der Waals surface area contributed by atoms with Crippen LogP contribution < -0.4 is 10.1 Å². The van der Waals surface area contributed by atoms with Crippen LogP contribution in [-0.4, -0.2) is 46.9 Å². The lowest BCUT2D eigenvalue weighted by molar-refractivity contribution is -0.127. The van der Waals surface area contributed by atoms with Gasteiger partial charge in [-0.1, -0.05) is 6.92 Å². The highest BCUT2D eigenvalue weighted by molar-refractivity contribution is 5.98. The molecule has 1 aliphatic heterocycles. The first-order valence-corrected chi connectivity index (χ1v) is 7.24. The van der Waals surface area contributed by atoms with Gasteiger partial charge in [-0.05, 0) is 26.3 Å². The fourth-order valence-corrected chi connectivity index (χ4v) is 2.35. The van der Waals surface area contributed by atoms with E-state index in [1.165, 1.54) is 6.20 Å². The summed E-state index contributed by atoms with van der Waals surface area (Å²) >= 11 is 0. The van der Waals surface area contributed by atoms with Crippen molar-refractivity contribution in [3.8, 4) is 5.88 Å². The van der Waals surface area contributed by atoms with Gasteiger partial charge in [-0.25, -0.2) is 4.98 Å². The standard InChI is InChI=1S/C15H21N3O3/c1-4-12-14(19)16-7-8-18(12)15(20)11-5-6-13(17-9-11)21-10(2)3/h5-6,9-10,12H,4,7-8H2,1-3H3,(H,16,19). The van der Waals surface area contributed by atoms with E-state index in [1.54, 1.807) is 17.0 Å². The van der Waals surface area contributed by atoms with E-state index >= 15 is 0 Å². The van der Waals surface area contributed by atoms with Crippen LogP contribution in [0.15, 0.2) is 18.3 Å². The first kappa shape index (κ1) is 15.3. The third-order valence-electron chi connectivity index (χ3n) is 3.32. The minimum atomic E-state index is -0.405. The second kappa shape index (κ2) is 6.56. The van der Waals surface area contributed by atoms with Crippen LogP contribution in [-0.2, 0) is 4.79 Å². The molecule has 6 heteroatoms. The Hall–Kier alpha value is -2.11. The molecule has 0 saturated carbocycles. The van der Waals surface area contributed by atoms with Gasteiger partial charge in [0.1, 0.15) is 6.04 Å². The molecular weight excluding hydrogens is 270 g/mol. The van der Waals surface area contributed by atoms with Crippen LogP contribution in [0.3, 0.4) is 0 Å². The van der Waals surface area contributed by atoms with Crippen LogP contribution in [0.5, 0.6) is 5.88 Å². The number of aromatic nitrogens is 1. The molecule has 0 radical (unpaired) electrons. The number of nitrogens with one attached hydrogen (secondary N) is 1. The molecule has 0 aliphatic carbocycles. The summed E-state index contributed by atoms with van der Waals surface area (Å²) in [6.07, 6.45) is 2.13. The minimum absolute atomic E-state index is 0.0364. The Bertz CT molecular complexity index is 513. The molecule has 21 heavy (non-hydrogen) atoms. The summed E-state index contributed by atoms with van der Waals surface area (Å²) in [6, 6.07) is 2.96.